The number of likely N-dealkylation sites (tertiary alicyclic amines) is 1. The SMILES string of the molecule is Cc1nc(OCC(=O)N(C)C2CCN(C(=O)c3ccccc3)CC2)nc(C)c1N. The molecule has 8 heteroatoms. The van der Waals surface area contributed by atoms with Crippen LogP contribution in [0.1, 0.15) is 34.6 Å². The molecule has 2 heterocycles. The molecular weight excluding hydrogens is 370 g/mol. The molecule has 0 aliphatic carbocycles. The minimum atomic E-state index is -0.145. The third kappa shape index (κ3) is 4.82. The Bertz CT molecular complexity index is 856. The highest BCUT2D eigenvalue weighted by atomic mass is 16.5. The Kier molecular flexibility index (Phi) is 6.31. The number of carbonyl (C=O) groups excluding carboxylic acids is 2. The van der Waals surface area contributed by atoms with Crippen molar-refractivity contribution >= 4 is 17.5 Å². The molecular formula is C21H27N5O3. The first kappa shape index (κ1) is 20.6. The number of nitrogens with two attached hydrogens (primary N) is 1. The van der Waals surface area contributed by atoms with Crippen molar-refractivity contribution in [2.45, 2.75) is 32.7 Å². The number of likely N-dealkylation sites (N-methyl/N-ethyl adjacent to an activating group) is 1. The Morgan fingerprint density at radius 1 is 1.14 bits per heavy atom. The van der Waals surface area contributed by atoms with Gasteiger partial charge in [0.25, 0.3) is 11.8 Å². The number of amides is 2. The largest absolute Gasteiger partial charge is 0.453 e. The molecule has 0 bridgehead atoms. The van der Waals surface area contributed by atoms with Crippen LogP contribution in [0, 0.1) is 13.8 Å². The number of anilines is 1. The number of aromatic nitrogens is 2. The van der Waals surface area contributed by atoms with Crippen LogP contribution < -0.4 is 10.5 Å². The van der Waals surface area contributed by atoms with Crippen LogP contribution in [0.3, 0.4) is 0 Å². The van der Waals surface area contributed by atoms with E-state index in [4.69, 9.17) is 10.5 Å². The molecule has 1 fully saturated rings. The van der Waals surface area contributed by atoms with Crippen molar-refractivity contribution in [2.24, 2.45) is 0 Å². The number of benzene rings is 1. The van der Waals surface area contributed by atoms with Gasteiger partial charge in [0.15, 0.2) is 6.61 Å². The second kappa shape index (κ2) is 8.89. The normalized spacial score (nSPS) is 14.5. The summed E-state index contributed by atoms with van der Waals surface area (Å²) in [7, 11) is 1.77. The Hall–Kier alpha value is -3.16. The van der Waals surface area contributed by atoms with Gasteiger partial charge in [-0.1, -0.05) is 18.2 Å². The van der Waals surface area contributed by atoms with E-state index in [2.05, 4.69) is 9.97 Å². The predicted molar refractivity (Wildman–Crippen MR) is 110 cm³/mol. The summed E-state index contributed by atoms with van der Waals surface area (Å²) in [5.74, 6) is -0.110. The zero-order valence-corrected chi connectivity index (χ0v) is 17.1. The molecule has 1 aromatic heterocycles. The Morgan fingerprint density at radius 2 is 1.72 bits per heavy atom. The van der Waals surface area contributed by atoms with Gasteiger partial charge in [-0.05, 0) is 38.8 Å². The third-order valence-electron chi connectivity index (χ3n) is 5.34. The lowest BCUT2D eigenvalue weighted by Crippen LogP contribution is -2.48. The number of hydrogen-bond donors (Lipinski definition) is 1. The molecule has 1 aliphatic rings. The molecule has 1 aromatic carbocycles. The first-order valence-electron chi connectivity index (χ1n) is 9.70. The van der Waals surface area contributed by atoms with E-state index in [9.17, 15) is 9.59 Å². The van der Waals surface area contributed by atoms with Crippen LogP contribution in [0.4, 0.5) is 5.69 Å². The lowest BCUT2D eigenvalue weighted by atomic mass is 10.0. The lowest BCUT2D eigenvalue weighted by molar-refractivity contribution is -0.135. The van der Waals surface area contributed by atoms with Gasteiger partial charge in [0.2, 0.25) is 0 Å². The molecule has 1 saturated heterocycles. The van der Waals surface area contributed by atoms with Gasteiger partial charge in [-0.15, -0.1) is 0 Å². The molecule has 154 valence electrons. The molecule has 0 radical (unpaired) electrons. The van der Waals surface area contributed by atoms with Crippen LogP contribution in [0.2, 0.25) is 0 Å². The maximum absolute atomic E-state index is 12.6. The van der Waals surface area contributed by atoms with Gasteiger partial charge in [0.05, 0.1) is 17.1 Å². The first-order valence-corrected chi connectivity index (χ1v) is 9.70. The van der Waals surface area contributed by atoms with Crippen molar-refractivity contribution in [3.8, 4) is 6.01 Å². The number of rotatable bonds is 5. The van der Waals surface area contributed by atoms with E-state index < -0.39 is 0 Å². The Balaban J connectivity index is 1.50. The van der Waals surface area contributed by atoms with Crippen LogP contribution in [0.25, 0.3) is 0 Å². The number of hydrogen-bond acceptors (Lipinski definition) is 6. The summed E-state index contributed by atoms with van der Waals surface area (Å²) in [6.07, 6.45) is 1.47. The summed E-state index contributed by atoms with van der Waals surface area (Å²) >= 11 is 0. The highest BCUT2D eigenvalue weighted by molar-refractivity contribution is 5.94. The van der Waals surface area contributed by atoms with E-state index in [1.807, 2.05) is 35.2 Å². The second-order valence-corrected chi connectivity index (χ2v) is 7.27. The van der Waals surface area contributed by atoms with Crippen molar-refractivity contribution < 1.29 is 14.3 Å². The fraction of sp³-hybridized carbons (Fsp3) is 0.429. The summed E-state index contributed by atoms with van der Waals surface area (Å²) in [5.41, 5.74) is 8.31. The van der Waals surface area contributed by atoms with Crippen molar-refractivity contribution in [3.63, 3.8) is 0 Å². The topological polar surface area (TPSA) is 102 Å². The van der Waals surface area contributed by atoms with Gasteiger partial charge in [-0.3, -0.25) is 9.59 Å². The zero-order chi connectivity index (χ0) is 21.0. The summed E-state index contributed by atoms with van der Waals surface area (Å²) < 4.78 is 5.48. The number of ether oxygens (including phenoxy) is 1. The summed E-state index contributed by atoms with van der Waals surface area (Å²) in [6.45, 7) is 4.65. The number of nitrogens with zero attached hydrogens (tertiary/aromatic N) is 4. The number of carbonyl (C=O) groups is 2. The molecule has 3 rings (SSSR count). The maximum atomic E-state index is 12.6. The lowest BCUT2D eigenvalue weighted by Gasteiger charge is -2.36. The molecule has 2 N–H and O–H groups in total. The standard InChI is InChI=1S/C21H27N5O3/c1-14-19(22)15(2)24-21(23-14)29-13-18(27)25(3)17-9-11-26(12-10-17)20(28)16-7-5-4-6-8-16/h4-8,17H,9-13,22H2,1-3H3. The molecule has 1 aliphatic heterocycles. The molecule has 0 unspecified atom stereocenters. The smallest absolute Gasteiger partial charge is 0.317 e. The molecule has 8 nitrogen and oxygen atoms in total. The maximum Gasteiger partial charge on any atom is 0.317 e. The molecule has 2 aromatic rings. The van der Waals surface area contributed by atoms with Crippen molar-refractivity contribution in [2.75, 3.05) is 32.5 Å². The second-order valence-electron chi connectivity index (χ2n) is 7.27. The molecule has 2 amide bonds. The van der Waals surface area contributed by atoms with E-state index in [-0.39, 0.29) is 30.5 Å². The highest BCUT2D eigenvalue weighted by Gasteiger charge is 2.28. The fourth-order valence-corrected chi connectivity index (χ4v) is 3.41. The molecule has 29 heavy (non-hydrogen) atoms. The van der Waals surface area contributed by atoms with Crippen molar-refractivity contribution in [3.05, 3.63) is 47.3 Å². The summed E-state index contributed by atoms with van der Waals surface area (Å²) in [5, 5.41) is 0. The first-order chi connectivity index (χ1) is 13.9. The third-order valence-corrected chi connectivity index (χ3v) is 5.34. The van der Waals surface area contributed by atoms with Crippen molar-refractivity contribution in [1.29, 1.82) is 0 Å². The van der Waals surface area contributed by atoms with Gasteiger partial charge < -0.3 is 20.3 Å². The van der Waals surface area contributed by atoms with Crippen LogP contribution >= 0.6 is 0 Å². The van der Waals surface area contributed by atoms with Gasteiger partial charge >= 0.3 is 6.01 Å². The number of nitrogen functional groups attached to an aromatic ring is 1. The zero-order valence-electron chi connectivity index (χ0n) is 17.1. The average Bonchev–Trinajstić information content (AvgIpc) is 2.75. The van der Waals surface area contributed by atoms with Gasteiger partial charge in [0, 0.05) is 31.7 Å². The van der Waals surface area contributed by atoms with E-state index in [0.717, 1.165) is 12.8 Å². The summed E-state index contributed by atoms with van der Waals surface area (Å²) in [4.78, 5) is 36.9. The highest BCUT2D eigenvalue weighted by Crippen LogP contribution is 2.19. The minimum absolute atomic E-state index is 0.0348. The Morgan fingerprint density at radius 3 is 2.31 bits per heavy atom. The predicted octanol–water partition coefficient (Wildman–Crippen LogP) is 1.82. The average molecular weight is 397 g/mol. The monoisotopic (exact) mass is 397 g/mol. The molecule has 0 saturated carbocycles. The molecule has 0 atom stereocenters. The van der Waals surface area contributed by atoms with E-state index in [1.54, 1.807) is 25.8 Å². The number of aryl methyl sites for hydroxylation is 2. The van der Waals surface area contributed by atoms with Gasteiger partial charge in [0.1, 0.15) is 0 Å². The fourth-order valence-electron chi connectivity index (χ4n) is 3.41. The van der Waals surface area contributed by atoms with Crippen LogP contribution in [0.15, 0.2) is 30.3 Å². The quantitative estimate of drug-likeness (QED) is 0.826. The van der Waals surface area contributed by atoms with Crippen LogP contribution in [0.5, 0.6) is 6.01 Å². The van der Waals surface area contributed by atoms with Crippen molar-refractivity contribution in [1.82, 2.24) is 19.8 Å². The van der Waals surface area contributed by atoms with Gasteiger partial charge in [-0.25, -0.2) is 0 Å². The number of piperidine rings is 1. The van der Waals surface area contributed by atoms with Gasteiger partial charge in [-0.2, -0.15) is 9.97 Å². The van der Waals surface area contributed by atoms with Crippen LogP contribution in [-0.4, -0.2) is 64.4 Å². The van der Waals surface area contributed by atoms with E-state index >= 15 is 0 Å². The van der Waals surface area contributed by atoms with E-state index in [1.165, 1.54) is 0 Å². The Labute approximate surface area is 170 Å². The van der Waals surface area contributed by atoms with E-state index in [0.29, 0.717) is 35.7 Å². The minimum Gasteiger partial charge on any atom is -0.453 e. The summed E-state index contributed by atoms with van der Waals surface area (Å²) in [6, 6.07) is 9.49. The van der Waals surface area contributed by atoms with Crippen LogP contribution in [-0.2, 0) is 4.79 Å². The molecule has 0 spiro atoms.